The van der Waals surface area contributed by atoms with E-state index in [1.54, 1.807) is 0 Å². The van der Waals surface area contributed by atoms with Gasteiger partial charge in [0.05, 0.1) is 22.4 Å². The molecule has 2 aromatic heterocycles. The molecule has 1 aliphatic heterocycles. The van der Waals surface area contributed by atoms with E-state index < -0.39 is 0 Å². The smallest absolute Gasteiger partial charge is 0.0716 e. The minimum absolute atomic E-state index is 0.275. The number of hydrogen-bond donors (Lipinski definition) is 1. The molecule has 3 aromatic carbocycles. The molecule has 0 saturated heterocycles. The van der Waals surface area contributed by atoms with Crippen molar-refractivity contribution in [2.75, 3.05) is 6.54 Å². The molecule has 0 spiro atoms. The molecule has 1 N–H and O–H groups in total. The minimum Gasteiger partial charge on any atom is -0.384 e. The predicted molar refractivity (Wildman–Crippen MR) is 165 cm³/mol. The summed E-state index contributed by atoms with van der Waals surface area (Å²) >= 11 is 0. The number of benzene rings is 3. The van der Waals surface area contributed by atoms with E-state index in [4.69, 9.17) is 9.97 Å². The Balaban J connectivity index is 1.20. The molecule has 3 aliphatic rings. The summed E-state index contributed by atoms with van der Waals surface area (Å²) < 4.78 is 0. The van der Waals surface area contributed by atoms with Crippen molar-refractivity contribution in [2.24, 2.45) is 11.8 Å². The monoisotopic (exact) mass is 513 g/mol. The summed E-state index contributed by atoms with van der Waals surface area (Å²) in [7, 11) is 0. The first-order chi connectivity index (χ1) is 19.8. The number of allylic oxidation sites excluding steroid dienone is 8. The third kappa shape index (κ3) is 3.90. The van der Waals surface area contributed by atoms with Crippen LogP contribution in [0.1, 0.15) is 5.69 Å². The number of nitrogens with one attached hydrogen (secondary N) is 1. The minimum atomic E-state index is 0.275. The van der Waals surface area contributed by atoms with Crippen molar-refractivity contribution < 1.29 is 0 Å². The highest BCUT2D eigenvalue weighted by Gasteiger charge is 2.32. The van der Waals surface area contributed by atoms with Crippen molar-refractivity contribution in [1.82, 2.24) is 15.3 Å². The Morgan fingerprint density at radius 1 is 0.625 bits per heavy atom. The maximum absolute atomic E-state index is 5.21. The third-order valence-electron chi connectivity index (χ3n) is 8.24. The first-order valence-electron chi connectivity index (χ1n) is 13.9. The molecule has 0 amide bonds. The molecule has 8 rings (SSSR count). The largest absolute Gasteiger partial charge is 0.384 e. The van der Waals surface area contributed by atoms with E-state index >= 15 is 0 Å². The maximum atomic E-state index is 5.21. The van der Waals surface area contributed by atoms with Crippen LogP contribution in [0, 0.1) is 11.8 Å². The standard InChI is InChI=1S/C37H27N3/c1-2-7-24(8-3-1)27-14-12-25-16-18-33(39-35(25)22-27)28-15-13-26-17-19-34(40-36(26)23-28)32-21-29-9-6-20-38-37(29)31-11-5-4-10-30(31)32/h1-19,21-23,30-31,38H,20H2. The molecule has 0 bridgehead atoms. The molecular weight excluding hydrogens is 486 g/mol. The van der Waals surface area contributed by atoms with Gasteiger partial charge in [-0.3, -0.25) is 0 Å². The first kappa shape index (κ1) is 22.9. The number of aromatic nitrogens is 2. The highest BCUT2D eigenvalue weighted by atomic mass is 14.9. The van der Waals surface area contributed by atoms with Crippen LogP contribution in [0.4, 0.5) is 0 Å². The van der Waals surface area contributed by atoms with Crippen LogP contribution in [0.3, 0.4) is 0 Å². The highest BCUT2D eigenvalue weighted by molar-refractivity contribution is 5.89. The second kappa shape index (κ2) is 9.32. The van der Waals surface area contributed by atoms with E-state index in [2.05, 4.69) is 133 Å². The maximum Gasteiger partial charge on any atom is 0.0716 e. The average Bonchev–Trinajstić information content (AvgIpc) is 3.03. The predicted octanol–water partition coefficient (Wildman–Crippen LogP) is 8.29. The zero-order chi connectivity index (χ0) is 26.5. The molecule has 0 radical (unpaired) electrons. The number of pyridine rings is 2. The third-order valence-corrected chi connectivity index (χ3v) is 8.24. The second-order valence-electron chi connectivity index (χ2n) is 10.6. The van der Waals surface area contributed by atoms with Crippen LogP contribution in [-0.4, -0.2) is 16.5 Å². The van der Waals surface area contributed by atoms with Gasteiger partial charge < -0.3 is 5.32 Å². The van der Waals surface area contributed by atoms with Crippen molar-refractivity contribution in [1.29, 1.82) is 0 Å². The number of fused-ring (bicyclic) bond motifs is 4. The lowest BCUT2D eigenvalue weighted by Crippen LogP contribution is -2.31. The normalized spacial score (nSPS) is 19.4. The summed E-state index contributed by atoms with van der Waals surface area (Å²) in [4.78, 5) is 10.3. The average molecular weight is 514 g/mol. The van der Waals surface area contributed by atoms with Gasteiger partial charge in [-0.05, 0) is 52.6 Å². The number of nitrogens with zero attached hydrogens (tertiary/aromatic N) is 2. The van der Waals surface area contributed by atoms with Crippen LogP contribution in [0.15, 0.2) is 145 Å². The van der Waals surface area contributed by atoms with E-state index in [0.717, 1.165) is 45.3 Å². The van der Waals surface area contributed by atoms with Crippen molar-refractivity contribution in [3.8, 4) is 22.4 Å². The van der Waals surface area contributed by atoms with Gasteiger partial charge in [0.2, 0.25) is 0 Å². The summed E-state index contributed by atoms with van der Waals surface area (Å²) in [6, 6.07) is 32.1. The van der Waals surface area contributed by atoms with E-state index in [9.17, 15) is 0 Å². The van der Waals surface area contributed by atoms with E-state index in [-0.39, 0.29) is 5.92 Å². The lowest BCUT2D eigenvalue weighted by atomic mass is 9.73. The molecule has 3 heterocycles. The number of rotatable bonds is 3. The zero-order valence-corrected chi connectivity index (χ0v) is 22.0. The Kier molecular flexibility index (Phi) is 5.34. The van der Waals surface area contributed by atoms with Crippen LogP contribution in [-0.2, 0) is 0 Å². The van der Waals surface area contributed by atoms with Crippen LogP contribution in [0.25, 0.3) is 49.8 Å². The first-order valence-corrected chi connectivity index (χ1v) is 13.9. The number of hydrogen-bond acceptors (Lipinski definition) is 3. The summed E-state index contributed by atoms with van der Waals surface area (Å²) in [6.07, 6.45) is 15.7. The van der Waals surface area contributed by atoms with E-state index in [1.165, 1.54) is 28.0 Å². The number of dihydropyridines is 1. The topological polar surface area (TPSA) is 37.8 Å². The van der Waals surface area contributed by atoms with Gasteiger partial charge in [-0.15, -0.1) is 0 Å². The van der Waals surface area contributed by atoms with Crippen molar-refractivity contribution in [2.45, 2.75) is 0 Å². The fraction of sp³-hybridized carbons (Fsp3) is 0.0811. The van der Waals surface area contributed by atoms with Crippen LogP contribution in [0.5, 0.6) is 0 Å². The van der Waals surface area contributed by atoms with Crippen molar-refractivity contribution >= 4 is 27.4 Å². The highest BCUT2D eigenvalue weighted by Crippen LogP contribution is 2.43. The molecule has 0 saturated carbocycles. The molecule has 3 nitrogen and oxygen atoms in total. The van der Waals surface area contributed by atoms with Gasteiger partial charge in [0.1, 0.15) is 0 Å². The summed E-state index contributed by atoms with van der Waals surface area (Å²) in [6.45, 7) is 0.885. The van der Waals surface area contributed by atoms with Gasteiger partial charge in [-0.25, -0.2) is 9.97 Å². The van der Waals surface area contributed by atoms with Gasteiger partial charge in [0.15, 0.2) is 0 Å². The van der Waals surface area contributed by atoms with E-state index in [1.807, 2.05) is 6.07 Å². The van der Waals surface area contributed by atoms with Gasteiger partial charge >= 0.3 is 0 Å². The Bertz CT molecular complexity index is 1960. The second-order valence-corrected chi connectivity index (χ2v) is 10.6. The lowest BCUT2D eigenvalue weighted by molar-refractivity contribution is 0.582. The Morgan fingerprint density at radius 3 is 2.12 bits per heavy atom. The Hall–Kier alpha value is -5.02. The zero-order valence-electron chi connectivity index (χ0n) is 22.0. The van der Waals surface area contributed by atoms with Gasteiger partial charge in [0, 0.05) is 40.4 Å². The van der Waals surface area contributed by atoms with Gasteiger partial charge in [-0.2, -0.15) is 0 Å². The van der Waals surface area contributed by atoms with Gasteiger partial charge in [-0.1, -0.05) is 103 Å². The molecule has 3 heteroatoms. The molecule has 2 atom stereocenters. The summed E-state index contributed by atoms with van der Waals surface area (Å²) in [5, 5.41) is 5.88. The van der Waals surface area contributed by atoms with Crippen LogP contribution < -0.4 is 5.32 Å². The quantitative estimate of drug-likeness (QED) is 0.264. The van der Waals surface area contributed by atoms with Crippen LogP contribution >= 0.6 is 0 Å². The molecule has 2 aliphatic carbocycles. The van der Waals surface area contributed by atoms with Gasteiger partial charge in [0.25, 0.3) is 0 Å². The molecule has 2 unspecified atom stereocenters. The molecular formula is C37H27N3. The Labute approximate surface area is 233 Å². The molecule has 190 valence electrons. The molecule has 40 heavy (non-hydrogen) atoms. The van der Waals surface area contributed by atoms with Crippen molar-refractivity contribution in [3.05, 3.63) is 150 Å². The Morgan fingerprint density at radius 2 is 1.30 bits per heavy atom. The van der Waals surface area contributed by atoms with E-state index in [0.29, 0.717) is 5.92 Å². The summed E-state index contributed by atoms with van der Waals surface area (Å²) in [5.41, 5.74) is 11.3. The fourth-order valence-electron chi connectivity index (χ4n) is 6.20. The molecule has 5 aromatic rings. The summed E-state index contributed by atoms with van der Waals surface area (Å²) in [5.74, 6) is 0.591. The van der Waals surface area contributed by atoms with Crippen LogP contribution in [0.2, 0.25) is 0 Å². The van der Waals surface area contributed by atoms with Crippen molar-refractivity contribution in [3.63, 3.8) is 0 Å². The SMILES string of the molecule is C1=CC2C(c3ccc4ccc(-c5ccc6ccc(-c7ccccc7)cc6n5)cc4n3)=CC3=C(NCC=C3)C2C=C1. The molecule has 0 fully saturated rings. The lowest BCUT2D eigenvalue weighted by Gasteiger charge is -2.35. The fourth-order valence-corrected chi connectivity index (χ4v) is 6.20.